The van der Waals surface area contributed by atoms with Crippen LogP contribution in [0.1, 0.15) is 43.9 Å². The van der Waals surface area contributed by atoms with Gasteiger partial charge in [-0.25, -0.2) is 4.98 Å². The number of aryl methyl sites for hydroxylation is 1. The smallest absolute Gasteiger partial charge is 0.200 e. The van der Waals surface area contributed by atoms with E-state index in [0.29, 0.717) is 5.95 Å². The molecule has 2 rings (SSSR count). The van der Waals surface area contributed by atoms with Crippen molar-refractivity contribution in [1.29, 1.82) is 0 Å². The molecule has 102 valence electrons. The van der Waals surface area contributed by atoms with Crippen LogP contribution in [0.25, 0.3) is 0 Å². The fourth-order valence-electron chi connectivity index (χ4n) is 2.31. The average Bonchev–Trinajstić information content (AvgIpc) is 2.78. The lowest BCUT2D eigenvalue weighted by atomic mass is 10.1. The van der Waals surface area contributed by atoms with Gasteiger partial charge in [0.25, 0.3) is 0 Å². The summed E-state index contributed by atoms with van der Waals surface area (Å²) in [6.45, 7) is 3.05. The zero-order valence-electron chi connectivity index (χ0n) is 11.7. The Morgan fingerprint density at radius 2 is 1.89 bits per heavy atom. The molecule has 1 heterocycles. The highest BCUT2D eigenvalue weighted by molar-refractivity contribution is 5.26. The molecule has 0 fully saturated rings. The zero-order chi connectivity index (χ0) is 13.5. The summed E-state index contributed by atoms with van der Waals surface area (Å²) in [4.78, 5) is 4.25. The molecule has 3 heteroatoms. The Morgan fingerprint density at radius 3 is 2.63 bits per heavy atom. The number of benzene rings is 1. The quantitative estimate of drug-likeness (QED) is 0.770. The predicted molar refractivity (Wildman–Crippen MR) is 80.0 cm³/mol. The van der Waals surface area contributed by atoms with E-state index in [1.165, 1.54) is 36.9 Å². The largest absolute Gasteiger partial charge is 0.369 e. The summed E-state index contributed by atoms with van der Waals surface area (Å²) in [5.41, 5.74) is 8.48. The van der Waals surface area contributed by atoms with Crippen LogP contribution in [0.5, 0.6) is 0 Å². The van der Waals surface area contributed by atoms with E-state index < -0.39 is 0 Å². The van der Waals surface area contributed by atoms with Gasteiger partial charge in [-0.1, -0.05) is 56.5 Å². The summed E-state index contributed by atoms with van der Waals surface area (Å²) >= 11 is 0. The van der Waals surface area contributed by atoms with Crippen molar-refractivity contribution >= 4 is 5.95 Å². The maximum atomic E-state index is 5.97. The van der Waals surface area contributed by atoms with Gasteiger partial charge in [0.2, 0.25) is 5.95 Å². The van der Waals surface area contributed by atoms with Gasteiger partial charge < -0.3 is 10.3 Å². The second-order valence-corrected chi connectivity index (χ2v) is 4.99. The first kappa shape index (κ1) is 13.7. The first-order valence-electron chi connectivity index (χ1n) is 7.15. The van der Waals surface area contributed by atoms with E-state index in [2.05, 4.69) is 40.7 Å². The molecule has 0 aliphatic rings. The molecule has 0 bridgehead atoms. The topological polar surface area (TPSA) is 43.8 Å². The van der Waals surface area contributed by atoms with E-state index in [0.717, 1.165) is 13.0 Å². The zero-order valence-corrected chi connectivity index (χ0v) is 11.7. The molecule has 1 aromatic carbocycles. The van der Waals surface area contributed by atoms with E-state index in [1.54, 1.807) is 0 Å². The SMILES string of the molecule is CCCCCCc1cnc(N)n1Cc1ccccc1. The second kappa shape index (κ2) is 6.98. The molecule has 0 aliphatic carbocycles. The molecule has 2 aromatic rings. The van der Waals surface area contributed by atoms with E-state index in [4.69, 9.17) is 5.73 Å². The third kappa shape index (κ3) is 3.85. The van der Waals surface area contributed by atoms with Crippen LogP contribution in [0.15, 0.2) is 36.5 Å². The summed E-state index contributed by atoms with van der Waals surface area (Å²) in [6.07, 6.45) is 8.07. The van der Waals surface area contributed by atoms with Gasteiger partial charge in [-0.3, -0.25) is 0 Å². The van der Waals surface area contributed by atoms with Crippen molar-refractivity contribution in [2.45, 2.75) is 45.6 Å². The number of imidazole rings is 1. The van der Waals surface area contributed by atoms with Crippen molar-refractivity contribution in [1.82, 2.24) is 9.55 Å². The summed E-state index contributed by atoms with van der Waals surface area (Å²) in [7, 11) is 0. The highest BCUT2D eigenvalue weighted by Crippen LogP contribution is 2.14. The predicted octanol–water partition coefficient (Wildman–Crippen LogP) is 3.64. The minimum atomic E-state index is 0.620. The van der Waals surface area contributed by atoms with Gasteiger partial charge in [0.15, 0.2) is 0 Å². The van der Waals surface area contributed by atoms with Crippen LogP contribution in [0, 0.1) is 0 Å². The highest BCUT2D eigenvalue weighted by Gasteiger charge is 2.07. The van der Waals surface area contributed by atoms with E-state index >= 15 is 0 Å². The fraction of sp³-hybridized carbons (Fsp3) is 0.438. The number of hydrogen-bond acceptors (Lipinski definition) is 2. The normalized spacial score (nSPS) is 10.8. The van der Waals surface area contributed by atoms with Gasteiger partial charge in [-0.15, -0.1) is 0 Å². The number of anilines is 1. The average molecular weight is 257 g/mol. The van der Waals surface area contributed by atoms with E-state index in [9.17, 15) is 0 Å². The number of nitrogens with two attached hydrogens (primary N) is 1. The Hall–Kier alpha value is -1.77. The van der Waals surface area contributed by atoms with Crippen molar-refractivity contribution in [3.63, 3.8) is 0 Å². The highest BCUT2D eigenvalue weighted by atomic mass is 15.1. The lowest BCUT2D eigenvalue weighted by Gasteiger charge is -2.10. The minimum absolute atomic E-state index is 0.620. The maximum Gasteiger partial charge on any atom is 0.200 e. The Labute approximate surface area is 115 Å². The molecule has 0 radical (unpaired) electrons. The van der Waals surface area contributed by atoms with Crippen LogP contribution in [-0.4, -0.2) is 9.55 Å². The van der Waals surface area contributed by atoms with Crippen LogP contribution in [0.2, 0.25) is 0 Å². The molecule has 1 aromatic heterocycles. The Kier molecular flexibility index (Phi) is 5.01. The molecular formula is C16H23N3. The molecule has 0 saturated heterocycles. The molecule has 0 amide bonds. The minimum Gasteiger partial charge on any atom is -0.369 e. The van der Waals surface area contributed by atoms with Crippen LogP contribution < -0.4 is 5.73 Å². The number of nitrogens with zero attached hydrogens (tertiary/aromatic N) is 2. The first-order valence-corrected chi connectivity index (χ1v) is 7.15. The van der Waals surface area contributed by atoms with E-state index in [-0.39, 0.29) is 0 Å². The third-order valence-corrected chi connectivity index (χ3v) is 3.44. The number of hydrogen-bond donors (Lipinski definition) is 1. The van der Waals surface area contributed by atoms with E-state index in [1.807, 2.05) is 12.3 Å². The van der Waals surface area contributed by atoms with Gasteiger partial charge in [0, 0.05) is 5.69 Å². The monoisotopic (exact) mass is 257 g/mol. The second-order valence-electron chi connectivity index (χ2n) is 4.99. The molecule has 0 unspecified atom stereocenters. The van der Waals surface area contributed by atoms with Gasteiger partial charge in [-0.2, -0.15) is 0 Å². The van der Waals surface area contributed by atoms with Crippen LogP contribution >= 0.6 is 0 Å². The molecule has 0 atom stereocenters. The van der Waals surface area contributed by atoms with Gasteiger partial charge in [-0.05, 0) is 18.4 Å². The Bertz CT molecular complexity index is 488. The summed E-state index contributed by atoms with van der Waals surface area (Å²) in [5.74, 6) is 0.620. The Morgan fingerprint density at radius 1 is 1.11 bits per heavy atom. The molecule has 0 saturated carbocycles. The molecule has 0 aliphatic heterocycles. The van der Waals surface area contributed by atoms with Crippen LogP contribution in [-0.2, 0) is 13.0 Å². The first-order chi connectivity index (χ1) is 9.31. The molecule has 3 nitrogen and oxygen atoms in total. The lowest BCUT2D eigenvalue weighted by molar-refractivity contribution is 0.640. The van der Waals surface area contributed by atoms with Crippen molar-refractivity contribution in [3.05, 3.63) is 47.8 Å². The standard InChI is InChI=1S/C16H23N3/c1-2-3-4-8-11-15-12-18-16(17)19(15)13-14-9-6-5-7-10-14/h5-7,9-10,12H,2-4,8,11,13H2,1H3,(H2,17,18). The fourth-order valence-corrected chi connectivity index (χ4v) is 2.31. The molecule has 2 N–H and O–H groups in total. The summed E-state index contributed by atoms with van der Waals surface area (Å²) in [5, 5.41) is 0. The number of nitrogen functional groups attached to an aromatic ring is 1. The number of rotatable bonds is 7. The maximum absolute atomic E-state index is 5.97. The van der Waals surface area contributed by atoms with Crippen molar-refractivity contribution in [2.75, 3.05) is 5.73 Å². The Balaban J connectivity index is 2.01. The molecule has 19 heavy (non-hydrogen) atoms. The third-order valence-electron chi connectivity index (χ3n) is 3.44. The van der Waals surface area contributed by atoms with Gasteiger partial charge in [0.05, 0.1) is 12.7 Å². The van der Waals surface area contributed by atoms with Crippen molar-refractivity contribution in [2.24, 2.45) is 0 Å². The van der Waals surface area contributed by atoms with Crippen molar-refractivity contribution in [3.8, 4) is 0 Å². The van der Waals surface area contributed by atoms with Gasteiger partial charge >= 0.3 is 0 Å². The summed E-state index contributed by atoms with van der Waals surface area (Å²) < 4.78 is 2.13. The van der Waals surface area contributed by atoms with Crippen LogP contribution in [0.4, 0.5) is 5.95 Å². The molecule has 0 spiro atoms. The molecular weight excluding hydrogens is 234 g/mol. The van der Waals surface area contributed by atoms with Crippen LogP contribution in [0.3, 0.4) is 0 Å². The number of unbranched alkanes of at least 4 members (excludes halogenated alkanes) is 3. The summed E-state index contributed by atoms with van der Waals surface area (Å²) in [6, 6.07) is 10.4. The lowest BCUT2D eigenvalue weighted by Crippen LogP contribution is -2.08. The van der Waals surface area contributed by atoms with Gasteiger partial charge in [0.1, 0.15) is 0 Å². The number of aromatic nitrogens is 2. The van der Waals surface area contributed by atoms with Crippen molar-refractivity contribution < 1.29 is 0 Å².